The summed E-state index contributed by atoms with van der Waals surface area (Å²) in [7, 11) is 1.51. The van der Waals surface area contributed by atoms with Crippen molar-refractivity contribution in [2.24, 2.45) is 0 Å². The minimum atomic E-state index is -0.282. The smallest absolute Gasteiger partial charge is 0.255 e. The lowest BCUT2D eigenvalue weighted by molar-refractivity contribution is 0.102. The van der Waals surface area contributed by atoms with Gasteiger partial charge in [-0.05, 0) is 55.0 Å². The van der Waals surface area contributed by atoms with Gasteiger partial charge in [0, 0.05) is 28.7 Å². The summed E-state index contributed by atoms with van der Waals surface area (Å²) in [6.45, 7) is 1.97. The number of anilines is 3. The van der Waals surface area contributed by atoms with Gasteiger partial charge < -0.3 is 20.4 Å². The van der Waals surface area contributed by atoms with Gasteiger partial charge in [-0.1, -0.05) is 17.7 Å². The van der Waals surface area contributed by atoms with Crippen molar-refractivity contribution < 1.29 is 9.53 Å². The highest BCUT2D eigenvalue weighted by Crippen LogP contribution is 2.32. The first kappa shape index (κ1) is 22.3. The fraction of sp³-hybridized carbons (Fsp3) is 0.0800. The van der Waals surface area contributed by atoms with Crippen molar-refractivity contribution >= 4 is 45.9 Å². The van der Waals surface area contributed by atoms with Crippen molar-refractivity contribution in [3.63, 3.8) is 0 Å². The van der Waals surface area contributed by atoms with Crippen molar-refractivity contribution in [1.29, 1.82) is 0 Å². The molecule has 5 aromatic rings. The Balaban J connectivity index is 1.44. The second-order valence-electron chi connectivity index (χ2n) is 7.68. The lowest BCUT2D eigenvalue weighted by Gasteiger charge is -2.15. The van der Waals surface area contributed by atoms with Gasteiger partial charge in [0.1, 0.15) is 29.1 Å². The number of ether oxygens (including phenoxy) is 1. The van der Waals surface area contributed by atoms with E-state index in [4.69, 9.17) is 16.3 Å². The largest absolute Gasteiger partial charge is 0.495 e. The summed E-state index contributed by atoms with van der Waals surface area (Å²) >= 11 is 6.07. The van der Waals surface area contributed by atoms with Crippen LogP contribution in [0.3, 0.4) is 0 Å². The molecule has 0 saturated carbocycles. The van der Waals surface area contributed by atoms with Gasteiger partial charge in [-0.3, -0.25) is 4.79 Å². The molecule has 2 aromatic carbocycles. The summed E-state index contributed by atoms with van der Waals surface area (Å²) < 4.78 is 5.21. The van der Waals surface area contributed by atoms with Crippen molar-refractivity contribution in [2.45, 2.75) is 6.92 Å². The van der Waals surface area contributed by atoms with Gasteiger partial charge in [-0.25, -0.2) is 19.9 Å². The van der Waals surface area contributed by atoms with E-state index in [0.717, 1.165) is 16.8 Å². The molecule has 0 aliphatic rings. The molecule has 3 aromatic heterocycles. The lowest BCUT2D eigenvalue weighted by atomic mass is 10.1. The number of methoxy groups -OCH3 is 1. The van der Waals surface area contributed by atoms with E-state index >= 15 is 0 Å². The number of pyridine rings is 1. The van der Waals surface area contributed by atoms with E-state index < -0.39 is 0 Å². The number of hydrogen-bond donors (Lipinski definition) is 3. The number of benzene rings is 2. The Labute approximate surface area is 205 Å². The van der Waals surface area contributed by atoms with Crippen molar-refractivity contribution in [1.82, 2.24) is 24.9 Å². The first-order chi connectivity index (χ1) is 17.0. The van der Waals surface area contributed by atoms with Gasteiger partial charge >= 0.3 is 0 Å². The molecular formula is C25H20ClN7O2. The average Bonchev–Trinajstić information content (AvgIpc) is 3.36. The molecule has 35 heavy (non-hydrogen) atoms. The van der Waals surface area contributed by atoms with Crippen LogP contribution in [0.25, 0.3) is 22.4 Å². The third kappa shape index (κ3) is 4.49. The van der Waals surface area contributed by atoms with Gasteiger partial charge in [0.2, 0.25) is 0 Å². The number of nitrogens with one attached hydrogen (secondary N) is 3. The minimum Gasteiger partial charge on any atom is -0.495 e. The maximum atomic E-state index is 12.8. The molecule has 3 N–H and O–H groups in total. The molecule has 10 heteroatoms. The van der Waals surface area contributed by atoms with Gasteiger partial charge in [0.05, 0.1) is 18.5 Å². The van der Waals surface area contributed by atoms with Gasteiger partial charge in [-0.2, -0.15) is 0 Å². The van der Waals surface area contributed by atoms with Gasteiger partial charge in [0.15, 0.2) is 5.65 Å². The molecule has 0 saturated heterocycles. The molecule has 5 rings (SSSR count). The summed E-state index contributed by atoms with van der Waals surface area (Å²) in [5, 5.41) is 6.73. The Morgan fingerprint density at radius 3 is 2.80 bits per heavy atom. The fourth-order valence-electron chi connectivity index (χ4n) is 3.62. The van der Waals surface area contributed by atoms with Crippen LogP contribution in [0.1, 0.15) is 15.9 Å². The standard InChI is InChI=1S/C25H20ClN7O2/c1-14-5-7-16(32-25(34)15-6-8-18(26)20(10-15)35-2)11-19(14)33-23-17(4-3-9-27-23)21-22-24(30-12-28-21)31-13-29-22/h3-13H,1-2H3,(H,27,33)(H,32,34)(H,28,29,30,31). The van der Waals surface area contributed by atoms with Crippen LogP contribution in [0.2, 0.25) is 5.02 Å². The topological polar surface area (TPSA) is 118 Å². The number of amides is 1. The number of hydrogen-bond acceptors (Lipinski definition) is 7. The monoisotopic (exact) mass is 485 g/mol. The molecule has 0 aliphatic heterocycles. The average molecular weight is 486 g/mol. The molecule has 9 nitrogen and oxygen atoms in total. The molecule has 0 bridgehead atoms. The van der Waals surface area contributed by atoms with Crippen molar-refractivity contribution in [3.05, 3.63) is 83.5 Å². The van der Waals surface area contributed by atoms with E-state index in [-0.39, 0.29) is 5.91 Å². The predicted molar refractivity (Wildman–Crippen MR) is 135 cm³/mol. The summed E-state index contributed by atoms with van der Waals surface area (Å²) in [5.41, 5.74) is 5.53. The van der Waals surface area contributed by atoms with E-state index in [1.54, 1.807) is 30.7 Å². The quantitative estimate of drug-likeness (QED) is 0.295. The fourth-order valence-corrected chi connectivity index (χ4v) is 3.82. The normalized spacial score (nSPS) is 10.8. The number of nitrogens with zero attached hydrogens (tertiary/aromatic N) is 4. The number of carbonyl (C=O) groups is 1. The lowest BCUT2D eigenvalue weighted by Crippen LogP contribution is -2.12. The molecule has 0 atom stereocenters. The van der Waals surface area contributed by atoms with E-state index in [1.807, 2.05) is 37.3 Å². The Kier molecular flexibility index (Phi) is 5.99. The summed E-state index contributed by atoms with van der Waals surface area (Å²) in [6.07, 6.45) is 4.77. The highest BCUT2D eigenvalue weighted by atomic mass is 35.5. The zero-order chi connectivity index (χ0) is 24.4. The van der Waals surface area contributed by atoms with E-state index in [0.29, 0.717) is 44.7 Å². The van der Waals surface area contributed by atoms with Crippen LogP contribution in [0.15, 0.2) is 67.4 Å². The number of halogens is 1. The first-order valence-electron chi connectivity index (χ1n) is 10.7. The Morgan fingerprint density at radius 1 is 1.06 bits per heavy atom. The Morgan fingerprint density at radius 2 is 1.94 bits per heavy atom. The number of aromatic nitrogens is 5. The van der Waals surface area contributed by atoms with Crippen LogP contribution in [-0.2, 0) is 0 Å². The number of aryl methyl sites for hydroxylation is 1. The summed E-state index contributed by atoms with van der Waals surface area (Å²) in [5.74, 6) is 0.753. The molecule has 0 fully saturated rings. The number of rotatable bonds is 6. The van der Waals surface area contributed by atoms with Crippen LogP contribution in [0.5, 0.6) is 5.75 Å². The summed E-state index contributed by atoms with van der Waals surface area (Å²) in [4.78, 5) is 33.3. The highest BCUT2D eigenvalue weighted by Gasteiger charge is 2.15. The van der Waals surface area contributed by atoms with E-state index in [2.05, 4.69) is 35.6 Å². The first-order valence-corrected chi connectivity index (χ1v) is 11.0. The highest BCUT2D eigenvalue weighted by molar-refractivity contribution is 6.32. The Hall–Kier alpha value is -4.50. The predicted octanol–water partition coefficient (Wildman–Crippen LogP) is 5.38. The van der Waals surface area contributed by atoms with E-state index in [1.165, 1.54) is 13.4 Å². The third-order valence-corrected chi connectivity index (χ3v) is 5.75. The number of imidazole rings is 1. The molecule has 0 radical (unpaired) electrons. The van der Waals surface area contributed by atoms with Crippen LogP contribution >= 0.6 is 11.6 Å². The number of H-pyrrole nitrogens is 1. The number of aromatic amines is 1. The number of carbonyl (C=O) groups excluding carboxylic acids is 1. The van der Waals surface area contributed by atoms with Crippen LogP contribution in [0.4, 0.5) is 17.2 Å². The maximum Gasteiger partial charge on any atom is 0.255 e. The third-order valence-electron chi connectivity index (χ3n) is 5.44. The Bertz CT molecular complexity index is 1550. The molecule has 174 valence electrons. The molecule has 0 aliphatic carbocycles. The van der Waals surface area contributed by atoms with Crippen molar-refractivity contribution in [2.75, 3.05) is 17.7 Å². The second-order valence-corrected chi connectivity index (χ2v) is 8.09. The molecule has 1 amide bonds. The second kappa shape index (κ2) is 9.40. The van der Waals surface area contributed by atoms with Crippen LogP contribution < -0.4 is 15.4 Å². The van der Waals surface area contributed by atoms with Gasteiger partial charge in [-0.15, -0.1) is 0 Å². The van der Waals surface area contributed by atoms with Crippen molar-refractivity contribution in [3.8, 4) is 17.0 Å². The number of fused-ring (bicyclic) bond motifs is 1. The molecule has 0 unspecified atom stereocenters. The molecular weight excluding hydrogens is 466 g/mol. The van der Waals surface area contributed by atoms with Gasteiger partial charge in [0.25, 0.3) is 5.91 Å². The van der Waals surface area contributed by atoms with Crippen LogP contribution in [-0.4, -0.2) is 37.9 Å². The maximum absolute atomic E-state index is 12.8. The zero-order valence-corrected chi connectivity index (χ0v) is 19.6. The van der Waals surface area contributed by atoms with Crippen LogP contribution in [0, 0.1) is 6.92 Å². The summed E-state index contributed by atoms with van der Waals surface area (Å²) in [6, 6.07) is 14.2. The zero-order valence-electron chi connectivity index (χ0n) is 18.8. The van der Waals surface area contributed by atoms with E-state index in [9.17, 15) is 4.79 Å². The molecule has 0 spiro atoms. The SMILES string of the molecule is COc1cc(C(=O)Nc2ccc(C)c(Nc3ncccc3-c3ncnc4[nH]cnc34)c2)ccc1Cl. The minimum absolute atomic E-state index is 0.282. The molecule has 3 heterocycles.